The van der Waals surface area contributed by atoms with Crippen molar-refractivity contribution >= 4 is 17.8 Å². The minimum atomic E-state index is -1.31. The largest absolute Gasteiger partial charge is 0.867 e. The second-order valence-electron chi connectivity index (χ2n) is 6.46. The zero-order valence-electron chi connectivity index (χ0n) is 16.8. The van der Waals surface area contributed by atoms with Crippen molar-refractivity contribution in [2.24, 2.45) is 0 Å². The van der Waals surface area contributed by atoms with Gasteiger partial charge in [0.05, 0.1) is 14.2 Å². The number of carbonyl (C=O) groups excluding carboxylic acids is 1. The molecule has 1 rings (SSSR count). The number of hydrogen-bond donors (Lipinski definition) is 1. The van der Waals surface area contributed by atoms with Crippen molar-refractivity contribution in [3.05, 3.63) is 22.8 Å². The number of carboxylic acid groups (broad SMARTS) is 1. The van der Waals surface area contributed by atoms with Crippen LogP contribution < -0.4 is 14.6 Å². The van der Waals surface area contributed by atoms with Crippen molar-refractivity contribution in [2.45, 2.75) is 58.8 Å². The molecule has 0 bridgehead atoms. The van der Waals surface area contributed by atoms with Crippen molar-refractivity contribution in [3.63, 3.8) is 0 Å². The van der Waals surface area contributed by atoms with Crippen molar-refractivity contribution in [2.75, 3.05) is 14.2 Å². The van der Waals surface area contributed by atoms with Gasteiger partial charge in [0.2, 0.25) is 0 Å². The third-order valence-corrected chi connectivity index (χ3v) is 4.66. The van der Waals surface area contributed by atoms with Gasteiger partial charge < -0.3 is 19.7 Å². The molecule has 0 heterocycles. The topological polar surface area (TPSA) is 95.9 Å². The number of unbranched alkanes of at least 4 members (excludes halogenated alkanes) is 2. The number of ketones is 1. The van der Waals surface area contributed by atoms with Crippen molar-refractivity contribution < 1.29 is 29.3 Å². The van der Waals surface area contributed by atoms with E-state index in [4.69, 9.17) is 9.47 Å². The summed E-state index contributed by atoms with van der Waals surface area (Å²) in [5.41, 5.74) is 0.767. The number of Topliss-reactive ketones (excluding diaryl/α,β-unsaturated/α-hetero) is 1. The van der Waals surface area contributed by atoms with E-state index in [0.717, 1.165) is 32.1 Å². The van der Waals surface area contributed by atoms with Crippen molar-refractivity contribution in [1.29, 1.82) is 0 Å². The van der Waals surface area contributed by atoms with Crippen LogP contribution in [0, 0.1) is 0 Å². The number of methoxy groups -OCH3 is 2. The molecule has 0 aliphatic heterocycles. The van der Waals surface area contributed by atoms with Crippen LogP contribution in [0.4, 0.5) is 0 Å². The fraction of sp³-hybridized carbons (Fsp3) is 0.524. The van der Waals surface area contributed by atoms with Crippen molar-refractivity contribution in [1.82, 2.24) is 0 Å². The molecule has 6 nitrogen and oxygen atoms in total. The molecule has 6 heteroatoms. The number of carboxylic acids is 1. The standard InChI is InChI=1S/C21H30O6/c1-6-8-9-10-14(7-2)18-15(11-16(13(3)22)21(24)25)12-17(26-4)19(23)20(18)27-5/h11-12,14,23H,6-10H2,1-5H3,(H,24,25)/p-1/b16-11+. The molecule has 1 N–H and O–H groups in total. The van der Waals surface area contributed by atoms with Gasteiger partial charge in [-0.2, -0.15) is 0 Å². The molecule has 0 amide bonds. The predicted octanol–water partition coefficient (Wildman–Crippen LogP) is 3.91. The highest BCUT2D eigenvalue weighted by atomic mass is 16.5. The predicted molar refractivity (Wildman–Crippen MR) is 102 cm³/mol. The highest BCUT2D eigenvalue weighted by Gasteiger charge is 2.23. The van der Waals surface area contributed by atoms with E-state index < -0.39 is 11.8 Å². The molecule has 0 saturated heterocycles. The summed E-state index contributed by atoms with van der Waals surface area (Å²) in [5, 5.41) is 22.0. The summed E-state index contributed by atoms with van der Waals surface area (Å²) >= 11 is 0. The summed E-state index contributed by atoms with van der Waals surface area (Å²) < 4.78 is 10.5. The third-order valence-electron chi connectivity index (χ3n) is 4.66. The van der Waals surface area contributed by atoms with E-state index in [0.29, 0.717) is 11.1 Å². The smallest absolute Gasteiger partial charge is 0.339 e. The second-order valence-corrected chi connectivity index (χ2v) is 6.46. The Bertz CT molecular complexity index is 689. The minimum absolute atomic E-state index is 0.0124. The van der Waals surface area contributed by atoms with Gasteiger partial charge in [-0.3, -0.25) is 4.79 Å². The number of aliphatic carboxylic acids is 1. The van der Waals surface area contributed by atoms with E-state index in [-0.39, 0.29) is 28.7 Å². The summed E-state index contributed by atoms with van der Waals surface area (Å²) in [4.78, 5) is 23.2. The Morgan fingerprint density at radius 1 is 1.22 bits per heavy atom. The highest BCUT2D eigenvalue weighted by molar-refractivity contribution is 6.19. The van der Waals surface area contributed by atoms with Gasteiger partial charge in [-0.15, -0.1) is 0 Å². The van der Waals surface area contributed by atoms with E-state index in [1.807, 2.05) is 6.92 Å². The van der Waals surface area contributed by atoms with Crippen LogP contribution in [0.1, 0.15) is 69.9 Å². The Morgan fingerprint density at radius 2 is 1.89 bits per heavy atom. The van der Waals surface area contributed by atoms with Crippen LogP contribution in [0.2, 0.25) is 0 Å². The zero-order valence-corrected chi connectivity index (χ0v) is 16.8. The zero-order chi connectivity index (χ0) is 20.6. The van der Waals surface area contributed by atoms with Gasteiger partial charge >= 0.3 is 5.97 Å². The average Bonchev–Trinajstić information content (AvgIpc) is 2.63. The molecule has 27 heavy (non-hydrogen) atoms. The number of rotatable bonds is 11. The monoisotopic (exact) mass is 377 g/mol. The maximum absolute atomic E-state index is 12.7. The molecule has 1 unspecified atom stereocenters. The van der Waals surface area contributed by atoms with Crippen molar-refractivity contribution in [3.8, 4) is 17.2 Å². The normalized spacial score (nSPS) is 12.6. The first-order valence-corrected chi connectivity index (χ1v) is 9.23. The molecule has 1 aromatic carbocycles. The molecule has 1 atom stereocenters. The quantitative estimate of drug-likeness (QED) is 0.272. The first kappa shape index (κ1) is 22.5. The van der Waals surface area contributed by atoms with E-state index in [1.54, 1.807) is 0 Å². The van der Waals surface area contributed by atoms with E-state index in [2.05, 4.69) is 6.92 Å². The lowest BCUT2D eigenvalue weighted by Crippen LogP contribution is -2.11. The van der Waals surface area contributed by atoms with Gasteiger partial charge in [-0.05, 0) is 49.1 Å². The molecule has 0 saturated carbocycles. The van der Waals surface area contributed by atoms with Gasteiger partial charge in [-0.25, -0.2) is 4.79 Å². The Hall–Kier alpha value is -2.50. The average molecular weight is 377 g/mol. The van der Waals surface area contributed by atoms with Gasteiger partial charge in [0.1, 0.15) is 17.1 Å². The summed E-state index contributed by atoms with van der Waals surface area (Å²) in [7, 11) is 2.78. The van der Waals surface area contributed by atoms with Crippen LogP contribution in [-0.4, -0.2) is 31.1 Å². The molecular weight excluding hydrogens is 348 g/mol. The number of ether oxygens (including phenoxy) is 2. The SMILES string of the molecule is CCCCCC(CC)c1c(/C=C(\C(C)=O)C(=O)O)cc(OC)c([O-])c1OC. The molecule has 0 fully saturated rings. The fourth-order valence-electron chi connectivity index (χ4n) is 3.21. The molecule has 1 aromatic rings. The van der Waals surface area contributed by atoms with Gasteiger partial charge in [-0.1, -0.05) is 33.1 Å². The minimum Gasteiger partial charge on any atom is -0.867 e. The maximum Gasteiger partial charge on any atom is 0.339 e. The Morgan fingerprint density at radius 3 is 2.33 bits per heavy atom. The molecular formula is C21H29O6-. The number of benzene rings is 1. The van der Waals surface area contributed by atoms with E-state index in [9.17, 15) is 19.8 Å². The molecule has 0 radical (unpaired) electrons. The molecule has 0 spiro atoms. The fourth-order valence-corrected chi connectivity index (χ4v) is 3.21. The van der Waals surface area contributed by atoms with Crippen LogP contribution >= 0.6 is 0 Å². The third kappa shape index (κ3) is 5.49. The van der Waals surface area contributed by atoms with E-state index >= 15 is 0 Å². The van der Waals surface area contributed by atoms with Gasteiger partial charge in [0.15, 0.2) is 5.78 Å². The second kappa shape index (κ2) is 10.6. The van der Waals surface area contributed by atoms with Crippen LogP contribution in [0.25, 0.3) is 6.08 Å². The molecule has 0 aliphatic rings. The van der Waals surface area contributed by atoms with Gasteiger partial charge in [0, 0.05) is 5.56 Å². The summed E-state index contributed by atoms with van der Waals surface area (Å²) in [5.74, 6) is -2.02. The highest BCUT2D eigenvalue weighted by Crippen LogP contribution is 2.45. The summed E-state index contributed by atoms with van der Waals surface area (Å²) in [6, 6.07) is 1.49. The van der Waals surface area contributed by atoms with Crippen LogP contribution in [0.15, 0.2) is 11.6 Å². The molecule has 0 aromatic heterocycles. The van der Waals surface area contributed by atoms with Gasteiger partial charge in [0.25, 0.3) is 0 Å². The lowest BCUT2D eigenvalue weighted by atomic mass is 9.85. The van der Waals surface area contributed by atoms with Crippen LogP contribution in [0.5, 0.6) is 17.2 Å². The lowest BCUT2D eigenvalue weighted by molar-refractivity contribution is -0.271. The number of hydrogen-bond acceptors (Lipinski definition) is 5. The molecule has 0 aliphatic carbocycles. The Labute approximate surface area is 160 Å². The summed E-state index contributed by atoms with van der Waals surface area (Å²) in [6.07, 6.45) is 6.04. The summed E-state index contributed by atoms with van der Waals surface area (Å²) in [6.45, 7) is 5.33. The van der Waals surface area contributed by atoms with Crippen LogP contribution in [-0.2, 0) is 9.59 Å². The first-order valence-electron chi connectivity index (χ1n) is 9.23. The van der Waals surface area contributed by atoms with Crippen LogP contribution in [0.3, 0.4) is 0 Å². The Balaban J connectivity index is 3.69. The molecule has 150 valence electrons. The maximum atomic E-state index is 12.7. The first-order chi connectivity index (χ1) is 12.8. The number of carbonyl (C=O) groups is 2. The Kier molecular flexibility index (Phi) is 8.85. The lowest BCUT2D eigenvalue weighted by Gasteiger charge is -2.27. The van der Waals surface area contributed by atoms with E-state index in [1.165, 1.54) is 33.3 Å².